The van der Waals surface area contributed by atoms with Crippen molar-refractivity contribution in [2.75, 3.05) is 13.2 Å². The van der Waals surface area contributed by atoms with Crippen molar-refractivity contribution >= 4 is 0 Å². The van der Waals surface area contributed by atoms with Gasteiger partial charge in [-0.25, -0.2) is 0 Å². The number of rotatable bonds is 7. The smallest absolute Gasteiger partial charge is 0.229 e. The quantitative estimate of drug-likeness (QED) is 0.756. The van der Waals surface area contributed by atoms with E-state index in [2.05, 4.69) is 10.1 Å². The van der Waals surface area contributed by atoms with Crippen molar-refractivity contribution in [3.63, 3.8) is 0 Å². The van der Waals surface area contributed by atoms with Crippen molar-refractivity contribution in [2.45, 2.75) is 51.7 Å². The van der Waals surface area contributed by atoms with Crippen molar-refractivity contribution < 1.29 is 14.4 Å². The second-order valence-electron chi connectivity index (χ2n) is 4.91. The molecule has 3 N–H and O–H groups in total. The summed E-state index contributed by atoms with van der Waals surface area (Å²) in [4.78, 5) is 4.29. The maximum Gasteiger partial charge on any atom is 0.229 e. The lowest BCUT2D eigenvalue weighted by Crippen LogP contribution is -2.36. The van der Waals surface area contributed by atoms with Gasteiger partial charge in [0.1, 0.15) is 5.60 Å². The zero-order chi connectivity index (χ0) is 13.8. The van der Waals surface area contributed by atoms with Crippen molar-refractivity contribution in [2.24, 2.45) is 5.73 Å². The van der Waals surface area contributed by atoms with Crippen LogP contribution in [-0.2, 0) is 16.8 Å². The average Bonchev–Trinajstić information content (AvgIpc) is 2.77. The lowest BCUT2D eigenvalue weighted by molar-refractivity contribution is -0.0403. The van der Waals surface area contributed by atoms with Crippen LogP contribution in [0.1, 0.15) is 45.8 Å². The first-order chi connectivity index (χ1) is 8.37. The summed E-state index contributed by atoms with van der Waals surface area (Å²) >= 11 is 0. The fourth-order valence-electron chi connectivity index (χ4n) is 1.58. The van der Waals surface area contributed by atoms with E-state index in [1.807, 2.05) is 20.8 Å². The van der Waals surface area contributed by atoms with Gasteiger partial charge in [0.05, 0.1) is 12.0 Å². The van der Waals surface area contributed by atoms with Crippen molar-refractivity contribution in [3.8, 4) is 0 Å². The normalized spacial score (nSPS) is 18.3. The monoisotopic (exact) mass is 257 g/mol. The molecule has 2 atom stereocenters. The van der Waals surface area contributed by atoms with Crippen LogP contribution in [0.25, 0.3) is 0 Å². The Morgan fingerprint density at radius 2 is 2.06 bits per heavy atom. The van der Waals surface area contributed by atoms with Gasteiger partial charge in [0, 0.05) is 13.2 Å². The highest BCUT2D eigenvalue weighted by Crippen LogP contribution is 2.26. The highest BCUT2D eigenvalue weighted by Gasteiger charge is 2.32. The first-order valence-electron chi connectivity index (χ1n) is 6.26. The van der Waals surface area contributed by atoms with E-state index in [1.54, 1.807) is 6.92 Å². The summed E-state index contributed by atoms with van der Waals surface area (Å²) < 4.78 is 10.8. The van der Waals surface area contributed by atoms with E-state index in [0.717, 1.165) is 6.42 Å². The topological polar surface area (TPSA) is 94.4 Å². The first kappa shape index (κ1) is 15.1. The van der Waals surface area contributed by atoms with Crippen LogP contribution < -0.4 is 5.73 Å². The minimum atomic E-state index is -1.03. The third-order valence-corrected chi connectivity index (χ3v) is 3.05. The fraction of sp³-hybridized carbons (Fsp3) is 0.833. The number of nitrogens with two attached hydrogens (primary N) is 1. The third kappa shape index (κ3) is 3.51. The Morgan fingerprint density at radius 1 is 1.39 bits per heavy atom. The van der Waals surface area contributed by atoms with Gasteiger partial charge in [-0.1, -0.05) is 12.1 Å². The molecule has 1 heterocycles. The maximum atomic E-state index is 9.87. The minimum absolute atomic E-state index is 0.140. The van der Waals surface area contributed by atoms with Crippen LogP contribution in [0.3, 0.4) is 0 Å². The summed E-state index contributed by atoms with van der Waals surface area (Å²) in [5, 5.41) is 13.8. The second-order valence-corrected chi connectivity index (χ2v) is 4.91. The molecule has 0 aliphatic heterocycles. The van der Waals surface area contributed by atoms with Crippen LogP contribution in [-0.4, -0.2) is 34.0 Å². The minimum Gasteiger partial charge on any atom is -0.388 e. The highest BCUT2D eigenvalue weighted by molar-refractivity contribution is 5.01. The van der Waals surface area contributed by atoms with E-state index in [1.165, 1.54) is 0 Å². The zero-order valence-electron chi connectivity index (χ0n) is 11.6. The van der Waals surface area contributed by atoms with Crippen LogP contribution in [0.5, 0.6) is 0 Å². The van der Waals surface area contributed by atoms with E-state index >= 15 is 0 Å². The molecule has 0 radical (unpaired) electrons. The van der Waals surface area contributed by atoms with Gasteiger partial charge in [0.2, 0.25) is 11.7 Å². The summed E-state index contributed by atoms with van der Waals surface area (Å²) in [6.07, 6.45) is 0.982. The lowest BCUT2D eigenvalue weighted by Gasteiger charge is -2.24. The lowest BCUT2D eigenvalue weighted by atomic mass is 10.0. The van der Waals surface area contributed by atoms with E-state index in [4.69, 9.17) is 15.0 Å². The molecule has 0 aliphatic carbocycles. The van der Waals surface area contributed by atoms with Crippen molar-refractivity contribution in [3.05, 3.63) is 11.7 Å². The molecule has 6 heteroatoms. The van der Waals surface area contributed by atoms with Gasteiger partial charge >= 0.3 is 0 Å². The molecule has 0 aliphatic rings. The number of ether oxygens (including phenoxy) is 1. The van der Waals surface area contributed by atoms with Gasteiger partial charge in [0.25, 0.3) is 0 Å². The molecule has 6 nitrogen and oxygen atoms in total. The summed E-state index contributed by atoms with van der Waals surface area (Å²) in [5.74, 6) is 0.884. The summed E-state index contributed by atoms with van der Waals surface area (Å²) in [6, 6.07) is 0. The van der Waals surface area contributed by atoms with E-state index < -0.39 is 11.2 Å². The fourth-order valence-corrected chi connectivity index (χ4v) is 1.58. The van der Waals surface area contributed by atoms with Gasteiger partial charge in [0.15, 0.2) is 0 Å². The van der Waals surface area contributed by atoms with E-state index in [9.17, 15) is 5.11 Å². The summed E-state index contributed by atoms with van der Waals surface area (Å²) in [6.45, 7) is 8.20. The number of hydrogen-bond donors (Lipinski definition) is 2. The molecule has 0 fully saturated rings. The average molecular weight is 257 g/mol. The maximum absolute atomic E-state index is 9.87. The van der Waals surface area contributed by atoms with Crippen molar-refractivity contribution in [1.29, 1.82) is 0 Å². The van der Waals surface area contributed by atoms with Crippen LogP contribution in [0.4, 0.5) is 0 Å². The van der Waals surface area contributed by atoms with Crippen LogP contribution >= 0.6 is 0 Å². The number of hydrogen-bond acceptors (Lipinski definition) is 6. The second kappa shape index (κ2) is 5.77. The molecule has 0 saturated heterocycles. The zero-order valence-corrected chi connectivity index (χ0v) is 11.6. The molecule has 0 bridgehead atoms. The Bertz CT molecular complexity index is 378. The van der Waals surface area contributed by atoms with Gasteiger partial charge < -0.3 is 20.1 Å². The molecule has 0 spiro atoms. The predicted octanol–water partition coefficient (Wildman–Crippen LogP) is 0.983. The Kier molecular flexibility index (Phi) is 4.84. The van der Waals surface area contributed by atoms with Crippen LogP contribution in [0.15, 0.2) is 4.52 Å². The number of aromatic nitrogens is 2. The van der Waals surface area contributed by atoms with E-state index in [-0.39, 0.29) is 13.0 Å². The van der Waals surface area contributed by atoms with Crippen LogP contribution in [0, 0.1) is 0 Å². The van der Waals surface area contributed by atoms with Gasteiger partial charge in [-0.3, -0.25) is 0 Å². The first-order valence-corrected chi connectivity index (χ1v) is 6.26. The molecule has 0 amide bonds. The Labute approximate surface area is 108 Å². The predicted molar refractivity (Wildman–Crippen MR) is 66.9 cm³/mol. The molecular formula is C12H23N3O3. The molecule has 104 valence electrons. The summed E-state index contributed by atoms with van der Waals surface area (Å²) in [7, 11) is 0. The molecular weight excluding hydrogens is 234 g/mol. The summed E-state index contributed by atoms with van der Waals surface area (Å²) in [5.41, 5.74) is 3.88. The SMILES string of the molecule is CCOC(C)(CC)c1noc(CC(C)(O)CN)n1. The molecule has 1 aromatic rings. The Morgan fingerprint density at radius 3 is 2.56 bits per heavy atom. The van der Waals surface area contributed by atoms with Gasteiger partial charge in [-0.15, -0.1) is 0 Å². The largest absolute Gasteiger partial charge is 0.388 e. The van der Waals surface area contributed by atoms with Gasteiger partial charge in [-0.2, -0.15) is 4.98 Å². The van der Waals surface area contributed by atoms with Crippen molar-refractivity contribution in [1.82, 2.24) is 10.1 Å². The molecule has 1 rings (SSSR count). The molecule has 0 aromatic carbocycles. The highest BCUT2D eigenvalue weighted by atomic mass is 16.5. The third-order valence-electron chi connectivity index (χ3n) is 3.05. The molecule has 0 saturated carbocycles. The standard InChI is InChI=1S/C12H23N3O3/c1-5-12(4,17-6-2)10-14-9(18-15-10)7-11(3,16)8-13/h16H,5-8,13H2,1-4H3. The van der Waals surface area contributed by atoms with Crippen LogP contribution in [0.2, 0.25) is 0 Å². The molecule has 1 aromatic heterocycles. The number of nitrogens with zero attached hydrogens (tertiary/aromatic N) is 2. The Hall–Kier alpha value is -0.980. The van der Waals surface area contributed by atoms with E-state index in [0.29, 0.717) is 18.3 Å². The Balaban J connectivity index is 2.85. The molecule has 18 heavy (non-hydrogen) atoms. The molecule has 2 unspecified atom stereocenters. The number of aliphatic hydroxyl groups is 1. The van der Waals surface area contributed by atoms with Gasteiger partial charge in [-0.05, 0) is 27.2 Å².